The largest absolute Gasteiger partial charge is 0.469 e. The standard InChI is InChI=1S/C9H6BrF3O2/c1-15-7(14)2-4-5(10)3-6(11)9(13)8(4)12/h3H,2H2,1H3. The number of carbonyl (C=O) groups excluding carboxylic acids is 1. The molecular weight excluding hydrogens is 277 g/mol. The first-order chi connectivity index (χ1) is 6.97. The van der Waals surface area contributed by atoms with E-state index in [1.807, 2.05) is 0 Å². The third kappa shape index (κ3) is 2.50. The smallest absolute Gasteiger partial charge is 0.310 e. The fourth-order valence-corrected chi connectivity index (χ4v) is 1.50. The Morgan fingerprint density at radius 2 is 2.00 bits per heavy atom. The highest BCUT2D eigenvalue weighted by molar-refractivity contribution is 9.10. The van der Waals surface area contributed by atoms with Gasteiger partial charge in [-0.15, -0.1) is 0 Å². The number of rotatable bonds is 2. The van der Waals surface area contributed by atoms with Gasteiger partial charge < -0.3 is 4.74 Å². The molecular formula is C9H6BrF3O2. The first-order valence-electron chi connectivity index (χ1n) is 3.86. The minimum atomic E-state index is -1.60. The fourth-order valence-electron chi connectivity index (χ4n) is 0.982. The Kier molecular flexibility index (Phi) is 3.73. The molecule has 0 radical (unpaired) electrons. The topological polar surface area (TPSA) is 26.3 Å². The van der Waals surface area contributed by atoms with Crippen LogP contribution in [0, 0.1) is 17.5 Å². The van der Waals surface area contributed by atoms with Gasteiger partial charge in [0.15, 0.2) is 17.5 Å². The maximum Gasteiger partial charge on any atom is 0.310 e. The average Bonchev–Trinajstić information content (AvgIpc) is 2.21. The first kappa shape index (κ1) is 12.0. The molecule has 0 aromatic heterocycles. The van der Waals surface area contributed by atoms with E-state index in [0.29, 0.717) is 0 Å². The summed E-state index contributed by atoms with van der Waals surface area (Å²) in [5.41, 5.74) is -0.263. The molecule has 1 aromatic carbocycles. The van der Waals surface area contributed by atoms with Crippen LogP contribution in [0.3, 0.4) is 0 Å². The van der Waals surface area contributed by atoms with Crippen LogP contribution in [0.1, 0.15) is 5.56 Å². The molecule has 0 unspecified atom stereocenters. The van der Waals surface area contributed by atoms with Crippen LogP contribution in [0.15, 0.2) is 10.5 Å². The third-order valence-corrected chi connectivity index (χ3v) is 2.47. The van der Waals surface area contributed by atoms with E-state index in [1.54, 1.807) is 0 Å². The maximum atomic E-state index is 13.2. The zero-order chi connectivity index (χ0) is 11.6. The normalized spacial score (nSPS) is 10.2. The number of methoxy groups -OCH3 is 1. The van der Waals surface area contributed by atoms with Crippen LogP contribution in [0.2, 0.25) is 0 Å². The van der Waals surface area contributed by atoms with Crippen LogP contribution in [0.25, 0.3) is 0 Å². The van der Waals surface area contributed by atoms with Crippen molar-refractivity contribution in [3.05, 3.63) is 33.6 Å². The molecule has 1 aromatic rings. The SMILES string of the molecule is COC(=O)Cc1c(Br)cc(F)c(F)c1F. The van der Waals surface area contributed by atoms with Crippen molar-refractivity contribution in [3.8, 4) is 0 Å². The molecule has 0 spiro atoms. The number of hydrogen-bond donors (Lipinski definition) is 0. The van der Waals surface area contributed by atoms with Gasteiger partial charge in [-0.2, -0.15) is 0 Å². The van der Waals surface area contributed by atoms with E-state index >= 15 is 0 Å². The van der Waals surface area contributed by atoms with Gasteiger partial charge in [0.25, 0.3) is 0 Å². The van der Waals surface area contributed by atoms with Gasteiger partial charge in [-0.25, -0.2) is 13.2 Å². The molecule has 0 atom stereocenters. The summed E-state index contributed by atoms with van der Waals surface area (Å²) >= 11 is 2.84. The Morgan fingerprint density at radius 3 is 2.53 bits per heavy atom. The van der Waals surface area contributed by atoms with Crippen molar-refractivity contribution in [2.24, 2.45) is 0 Å². The van der Waals surface area contributed by atoms with Crippen LogP contribution in [-0.4, -0.2) is 13.1 Å². The lowest BCUT2D eigenvalue weighted by molar-refractivity contribution is -0.139. The zero-order valence-electron chi connectivity index (χ0n) is 7.61. The highest BCUT2D eigenvalue weighted by Gasteiger charge is 2.19. The number of benzene rings is 1. The Balaban J connectivity index is 3.18. The van der Waals surface area contributed by atoms with Crippen molar-refractivity contribution in [2.75, 3.05) is 7.11 Å². The van der Waals surface area contributed by atoms with Gasteiger partial charge in [-0.3, -0.25) is 4.79 Å². The summed E-state index contributed by atoms with van der Waals surface area (Å²) in [4.78, 5) is 10.9. The van der Waals surface area contributed by atoms with Crippen LogP contribution < -0.4 is 0 Å². The van der Waals surface area contributed by atoms with E-state index in [9.17, 15) is 18.0 Å². The zero-order valence-corrected chi connectivity index (χ0v) is 9.20. The van der Waals surface area contributed by atoms with Gasteiger partial charge in [0.2, 0.25) is 0 Å². The molecule has 2 nitrogen and oxygen atoms in total. The Bertz CT molecular complexity index is 407. The molecule has 0 fully saturated rings. The lowest BCUT2D eigenvalue weighted by atomic mass is 10.1. The first-order valence-corrected chi connectivity index (χ1v) is 4.65. The average molecular weight is 283 g/mol. The van der Waals surface area contributed by atoms with Gasteiger partial charge in [0, 0.05) is 10.0 Å². The quantitative estimate of drug-likeness (QED) is 0.474. The second-order valence-corrected chi connectivity index (χ2v) is 3.55. The molecule has 15 heavy (non-hydrogen) atoms. The second kappa shape index (κ2) is 4.65. The van der Waals surface area contributed by atoms with Gasteiger partial charge in [-0.1, -0.05) is 15.9 Å². The number of halogens is 4. The van der Waals surface area contributed by atoms with E-state index in [2.05, 4.69) is 20.7 Å². The van der Waals surface area contributed by atoms with E-state index in [0.717, 1.165) is 13.2 Å². The lowest BCUT2D eigenvalue weighted by Gasteiger charge is -2.06. The molecule has 6 heteroatoms. The summed E-state index contributed by atoms with van der Waals surface area (Å²) in [6.45, 7) is 0. The van der Waals surface area contributed by atoms with Crippen LogP contribution in [0.5, 0.6) is 0 Å². The van der Waals surface area contributed by atoms with E-state index in [-0.39, 0.29) is 10.0 Å². The van der Waals surface area contributed by atoms with E-state index in [4.69, 9.17) is 0 Å². The Hall–Kier alpha value is -1.04. The van der Waals surface area contributed by atoms with Gasteiger partial charge in [-0.05, 0) is 6.07 Å². The fraction of sp³-hybridized carbons (Fsp3) is 0.222. The van der Waals surface area contributed by atoms with Gasteiger partial charge in [0.1, 0.15) is 0 Å². The van der Waals surface area contributed by atoms with Crippen molar-refractivity contribution in [2.45, 2.75) is 6.42 Å². The molecule has 1 rings (SSSR count). The summed E-state index contributed by atoms with van der Waals surface area (Å²) in [6.07, 6.45) is -0.458. The summed E-state index contributed by atoms with van der Waals surface area (Å²) in [6, 6.07) is 0.761. The molecule has 0 saturated heterocycles. The minimum Gasteiger partial charge on any atom is -0.469 e. The summed E-state index contributed by atoms with van der Waals surface area (Å²) in [5.74, 6) is -5.03. The molecule has 82 valence electrons. The molecule has 0 aliphatic heterocycles. The lowest BCUT2D eigenvalue weighted by Crippen LogP contribution is -2.09. The van der Waals surface area contributed by atoms with Crippen LogP contribution in [0.4, 0.5) is 13.2 Å². The number of ether oxygens (including phenoxy) is 1. The second-order valence-electron chi connectivity index (χ2n) is 2.70. The minimum absolute atomic E-state index is 0.00991. The monoisotopic (exact) mass is 282 g/mol. The predicted molar refractivity (Wildman–Crippen MR) is 49.7 cm³/mol. The van der Waals surface area contributed by atoms with Crippen molar-refractivity contribution < 1.29 is 22.7 Å². The van der Waals surface area contributed by atoms with Crippen LogP contribution in [-0.2, 0) is 16.0 Å². The molecule has 0 aliphatic rings. The molecule has 0 N–H and O–H groups in total. The highest BCUT2D eigenvalue weighted by Crippen LogP contribution is 2.25. The Labute approximate surface area is 92.2 Å². The van der Waals surface area contributed by atoms with Crippen molar-refractivity contribution in [3.63, 3.8) is 0 Å². The number of esters is 1. The van der Waals surface area contributed by atoms with Gasteiger partial charge >= 0.3 is 5.97 Å². The number of hydrogen-bond acceptors (Lipinski definition) is 2. The molecule has 0 amide bonds. The maximum absolute atomic E-state index is 13.2. The Morgan fingerprint density at radius 1 is 1.40 bits per heavy atom. The van der Waals surface area contributed by atoms with Crippen molar-refractivity contribution in [1.82, 2.24) is 0 Å². The molecule has 0 saturated carbocycles. The molecule has 0 aliphatic carbocycles. The van der Waals surface area contributed by atoms with Gasteiger partial charge in [0.05, 0.1) is 13.5 Å². The van der Waals surface area contributed by atoms with Crippen molar-refractivity contribution >= 4 is 21.9 Å². The van der Waals surface area contributed by atoms with E-state index < -0.39 is 29.8 Å². The van der Waals surface area contributed by atoms with E-state index in [1.165, 1.54) is 0 Å². The predicted octanol–water partition coefficient (Wildman–Crippen LogP) is 2.58. The highest BCUT2D eigenvalue weighted by atomic mass is 79.9. The third-order valence-electron chi connectivity index (χ3n) is 1.76. The van der Waals surface area contributed by atoms with Crippen molar-refractivity contribution in [1.29, 1.82) is 0 Å². The summed E-state index contributed by atoms with van der Waals surface area (Å²) in [5, 5.41) is 0. The summed E-state index contributed by atoms with van der Waals surface area (Å²) in [7, 11) is 1.12. The summed E-state index contributed by atoms with van der Waals surface area (Å²) < 4.78 is 42.9. The van der Waals surface area contributed by atoms with Crippen LogP contribution >= 0.6 is 15.9 Å². The number of carbonyl (C=O) groups is 1. The molecule has 0 heterocycles. The molecule has 0 bridgehead atoms.